The third kappa shape index (κ3) is 1.41. The summed E-state index contributed by atoms with van der Waals surface area (Å²) < 4.78 is 0. The van der Waals surface area contributed by atoms with Crippen LogP contribution in [0.4, 0.5) is 5.95 Å². The van der Waals surface area contributed by atoms with Gasteiger partial charge in [0.2, 0.25) is 5.95 Å². The second-order valence-electron chi connectivity index (χ2n) is 3.99. The van der Waals surface area contributed by atoms with Gasteiger partial charge in [0.25, 0.3) is 5.56 Å². The van der Waals surface area contributed by atoms with Crippen molar-refractivity contribution in [2.24, 2.45) is 0 Å². The normalized spacial score (nSPS) is 11.4. The first-order chi connectivity index (χ1) is 8.06. The quantitative estimate of drug-likeness (QED) is 0.632. The van der Waals surface area contributed by atoms with Crippen LogP contribution in [-0.2, 0) is 0 Å². The second kappa shape index (κ2) is 3.27. The number of nitrogen functional groups attached to an aromatic ring is 1. The van der Waals surface area contributed by atoms with Gasteiger partial charge in [-0.15, -0.1) is 0 Å². The fourth-order valence-corrected chi connectivity index (χ4v) is 3.21. The topological polar surface area (TPSA) is 84.7 Å². The number of hydrogen-bond donors (Lipinski definition) is 2. The van der Waals surface area contributed by atoms with Crippen LogP contribution in [0, 0.1) is 13.8 Å². The Morgan fingerprint density at radius 2 is 1.94 bits per heavy atom. The fraction of sp³-hybridized carbons (Fsp3) is 0.182. The number of aryl methyl sites for hydroxylation is 2. The number of rotatable bonds is 0. The minimum atomic E-state index is -0.201. The molecule has 3 heterocycles. The number of anilines is 1. The summed E-state index contributed by atoms with van der Waals surface area (Å²) >= 11 is 1.40. The van der Waals surface area contributed by atoms with E-state index in [1.807, 2.05) is 19.9 Å². The van der Waals surface area contributed by atoms with Crippen molar-refractivity contribution in [3.8, 4) is 0 Å². The predicted octanol–water partition coefficient (Wildman–Crippen LogP) is 1.73. The van der Waals surface area contributed by atoms with E-state index in [-0.39, 0.29) is 11.5 Å². The van der Waals surface area contributed by atoms with Crippen LogP contribution in [0.1, 0.15) is 11.3 Å². The molecule has 0 aromatic carbocycles. The SMILES string of the molecule is Cc1cc(C)c2c(n1)sc1nc(N)[nH]c(=O)c12. The zero-order chi connectivity index (χ0) is 12.2. The summed E-state index contributed by atoms with van der Waals surface area (Å²) in [6, 6.07) is 1.96. The van der Waals surface area contributed by atoms with Crippen molar-refractivity contribution in [2.45, 2.75) is 13.8 Å². The number of nitrogens with two attached hydrogens (primary N) is 1. The lowest BCUT2D eigenvalue weighted by Crippen LogP contribution is -2.10. The van der Waals surface area contributed by atoms with E-state index >= 15 is 0 Å². The molecule has 0 bridgehead atoms. The fourth-order valence-electron chi connectivity index (χ4n) is 2.04. The first-order valence-corrected chi connectivity index (χ1v) is 5.94. The molecule has 0 aliphatic carbocycles. The Hall–Kier alpha value is -1.95. The van der Waals surface area contributed by atoms with Gasteiger partial charge in [-0.1, -0.05) is 11.3 Å². The van der Waals surface area contributed by atoms with Gasteiger partial charge in [-0.05, 0) is 25.5 Å². The lowest BCUT2D eigenvalue weighted by Gasteiger charge is -1.98. The van der Waals surface area contributed by atoms with E-state index in [9.17, 15) is 4.79 Å². The summed E-state index contributed by atoms with van der Waals surface area (Å²) in [5, 5.41) is 1.47. The standard InChI is InChI=1S/C11H10N4OS/c1-4-3-5(2)13-9-6(4)7-8(16)14-11(12)15-10(7)17-9/h3H,1-2H3,(H3,12,14,15,16). The average molecular weight is 246 g/mol. The van der Waals surface area contributed by atoms with Gasteiger partial charge < -0.3 is 5.73 Å². The molecule has 3 aromatic rings. The average Bonchev–Trinajstić information content (AvgIpc) is 2.55. The molecule has 0 aliphatic heterocycles. The van der Waals surface area contributed by atoms with E-state index < -0.39 is 0 Å². The zero-order valence-electron chi connectivity index (χ0n) is 9.37. The van der Waals surface area contributed by atoms with E-state index in [0.29, 0.717) is 10.2 Å². The number of hydrogen-bond acceptors (Lipinski definition) is 5. The molecule has 0 saturated heterocycles. The van der Waals surface area contributed by atoms with E-state index in [1.54, 1.807) is 0 Å². The molecule has 0 radical (unpaired) electrons. The smallest absolute Gasteiger partial charge is 0.261 e. The van der Waals surface area contributed by atoms with Gasteiger partial charge >= 0.3 is 0 Å². The maximum Gasteiger partial charge on any atom is 0.261 e. The molecule has 17 heavy (non-hydrogen) atoms. The van der Waals surface area contributed by atoms with Crippen LogP contribution in [0.5, 0.6) is 0 Å². The first-order valence-electron chi connectivity index (χ1n) is 5.12. The highest BCUT2D eigenvalue weighted by Gasteiger charge is 2.14. The molecule has 3 rings (SSSR count). The number of aromatic nitrogens is 3. The van der Waals surface area contributed by atoms with Gasteiger partial charge in [0, 0.05) is 11.1 Å². The molecular formula is C11H10N4OS. The van der Waals surface area contributed by atoms with Crippen molar-refractivity contribution in [2.75, 3.05) is 5.73 Å². The van der Waals surface area contributed by atoms with Crippen LogP contribution in [-0.4, -0.2) is 15.0 Å². The molecular weight excluding hydrogens is 236 g/mol. The van der Waals surface area contributed by atoms with Crippen molar-refractivity contribution in [1.29, 1.82) is 0 Å². The van der Waals surface area contributed by atoms with Gasteiger partial charge in [0.1, 0.15) is 9.66 Å². The van der Waals surface area contributed by atoms with E-state index in [4.69, 9.17) is 5.73 Å². The summed E-state index contributed by atoms with van der Waals surface area (Å²) in [6.07, 6.45) is 0. The highest BCUT2D eigenvalue weighted by molar-refractivity contribution is 7.25. The highest BCUT2D eigenvalue weighted by Crippen LogP contribution is 2.31. The van der Waals surface area contributed by atoms with Crippen molar-refractivity contribution < 1.29 is 0 Å². The minimum absolute atomic E-state index is 0.142. The van der Waals surface area contributed by atoms with Gasteiger partial charge in [0.15, 0.2) is 0 Å². The first kappa shape index (κ1) is 10.2. The Morgan fingerprint density at radius 1 is 1.24 bits per heavy atom. The summed E-state index contributed by atoms with van der Waals surface area (Å²) in [6.45, 7) is 3.90. The zero-order valence-corrected chi connectivity index (χ0v) is 10.2. The number of fused-ring (bicyclic) bond motifs is 3. The van der Waals surface area contributed by atoms with Gasteiger partial charge in [-0.25, -0.2) is 9.97 Å². The molecule has 3 N–H and O–H groups in total. The van der Waals surface area contributed by atoms with E-state index in [2.05, 4.69) is 15.0 Å². The predicted molar refractivity (Wildman–Crippen MR) is 69.4 cm³/mol. The van der Waals surface area contributed by atoms with Crippen LogP contribution in [0.25, 0.3) is 20.4 Å². The maximum absolute atomic E-state index is 11.9. The summed E-state index contributed by atoms with van der Waals surface area (Å²) in [5.41, 5.74) is 7.31. The lowest BCUT2D eigenvalue weighted by atomic mass is 10.1. The van der Waals surface area contributed by atoms with Crippen molar-refractivity contribution >= 4 is 37.7 Å². The molecule has 6 heteroatoms. The molecule has 86 valence electrons. The van der Waals surface area contributed by atoms with Crippen molar-refractivity contribution in [1.82, 2.24) is 15.0 Å². The molecule has 5 nitrogen and oxygen atoms in total. The molecule has 0 saturated carbocycles. The number of aromatic amines is 1. The van der Waals surface area contributed by atoms with Crippen LogP contribution in [0.2, 0.25) is 0 Å². The third-order valence-electron chi connectivity index (χ3n) is 2.66. The second-order valence-corrected chi connectivity index (χ2v) is 4.97. The monoisotopic (exact) mass is 246 g/mol. The minimum Gasteiger partial charge on any atom is -0.369 e. The largest absolute Gasteiger partial charge is 0.369 e. The molecule has 3 aromatic heterocycles. The van der Waals surface area contributed by atoms with E-state index in [1.165, 1.54) is 11.3 Å². The Bertz CT molecular complexity index is 802. The molecule has 0 spiro atoms. The molecule has 0 atom stereocenters. The summed E-state index contributed by atoms with van der Waals surface area (Å²) in [7, 11) is 0. The highest BCUT2D eigenvalue weighted by atomic mass is 32.1. The Balaban J connectivity index is 2.65. The molecule has 0 fully saturated rings. The molecule has 0 amide bonds. The van der Waals surface area contributed by atoms with Crippen LogP contribution < -0.4 is 11.3 Å². The van der Waals surface area contributed by atoms with Gasteiger partial charge in [-0.2, -0.15) is 0 Å². The molecule has 0 aliphatic rings. The van der Waals surface area contributed by atoms with Crippen molar-refractivity contribution in [3.05, 3.63) is 27.7 Å². The Labute approximate surface area is 100 Å². The van der Waals surface area contributed by atoms with Crippen molar-refractivity contribution in [3.63, 3.8) is 0 Å². The van der Waals surface area contributed by atoms with Crippen LogP contribution in [0.3, 0.4) is 0 Å². The summed E-state index contributed by atoms with van der Waals surface area (Å²) in [5.74, 6) is 0.142. The Morgan fingerprint density at radius 3 is 2.71 bits per heavy atom. The number of nitrogens with zero attached hydrogens (tertiary/aromatic N) is 2. The van der Waals surface area contributed by atoms with Gasteiger partial charge in [0.05, 0.1) is 5.39 Å². The maximum atomic E-state index is 11.9. The Kier molecular flexibility index (Phi) is 1.97. The summed E-state index contributed by atoms with van der Waals surface area (Å²) in [4.78, 5) is 24.5. The van der Waals surface area contributed by atoms with Crippen LogP contribution >= 0.6 is 11.3 Å². The number of thiophene rings is 1. The van der Waals surface area contributed by atoms with Crippen LogP contribution in [0.15, 0.2) is 10.9 Å². The van der Waals surface area contributed by atoms with E-state index in [0.717, 1.165) is 21.5 Å². The third-order valence-corrected chi connectivity index (χ3v) is 3.64. The van der Waals surface area contributed by atoms with Gasteiger partial charge in [-0.3, -0.25) is 9.78 Å². The molecule has 0 unspecified atom stereocenters. The lowest BCUT2D eigenvalue weighted by molar-refractivity contribution is 1.20. The number of H-pyrrole nitrogens is 1. The number of nitrogens with one attached hydrogen (secondary N) is 1. The number of pyridine rings is 1.